The molecular formula is C20H34O6. The van der Waals surface area contributed by atoms with Crippen molar-refractivity contribution in [3.63, 3.8) is 0 Å². The minimum Gasteiger partial charge on any atom is -0.481 e. The van der Waals surface area contributed by atoms with Crippen molar-refractivity contribution in [3.05, 3.63) is 0 Å². The predicted octanol–water partition coefficient (Wildman–Crippen LogP) is 4.10. The van der Waals surface area contributed by atoms with Crippen LogP contribution in [0.5, 0.6) is 0 Å². The fourth-order valence-electron chi connectivity index (χ4n) is 3.60. The Kier molecular flexibility index (Phi) is 9.74. The Morgan fingerprint density at radius 1 is 0.769 bits per heavy atom. The summed E-state index contributed by atoms with van der Waals surface area (Å²) in [4.78, 5) is 45.4. The van der Waals surface area contributed by atoms with Crippen LogP contribution in [0.1, 0.15) is 85.5 Å². The molecule has 2 N–H and O–H groups in total. The van der Waals surface area contributed by atoms with Gasteiger partial charge in [0.05, 0.1) is 5.41 Å². The Morgan fingerprint density at radius 2 is 1.19 bits per heavy atom. The van der Waals surface area contributed by atoms with Gasteiger partial charge in [0, 0.05) is 17.3 Å². The molecule has 150 valence electrons. The van der Waals surface area contributed by atoms with E-state index >= 15 is 0 Å². The summed E-state index contributed by atoms with van der Waals surface area (Å²) in [6.45, 7) is 6.88. The molecule has 0 aliphatic heterocycles. The Morgan fingerprint density at radius 3 is 1.58 bits per heavy atom. The van der Waals surface area contributed by atoms with Gasteiger partial charge in [0.15, 0.2) is 0 Å². The molecular weight excluding hydrogens is 336 g/mol. The summed E-state index contributed by atoms with van der Waals surface area (Å²) in [6.07, 6.45) is 6.23. The van der Waals surface area contributed by atoms with E-state index in [0.717, 1.165) is 31.8 Å². The number of hydrogen-bond donors (Lipinski definition) is 2. The summed E-state index contributed by atoms with van der Waals surface area (Å²) in [5, 5.41) is 18.6. The number of carbonyl (C=O) groups excluding carboxylic acids is 2. The maximum atomic E-state index is 12.2. The van der Waals surface area contributed by atoms with E-state index in [-0.39, 0.29) is 19.3 Å². The number of carbonyl (C=O) groups is 4. The predicted molar refractivity (Wildman–Crippen MR) is 98.9 cm³/mol. The van der Waals surface area contributed by atoms with Crippen LogP contribution in [0, 0.1) is 16.2 Å². The summed E-state index contributed by atoms with van der Waals surface area (Å²) in [6, 6.07) is 0. The van der Waals surface area contributed by atoms with Gasteiger partial charge < -0.3 is 19.8 Å². The van der Waals surface area contributed by atoms with Gasteiger partial charge in [-0.2, -0.15) is 0 Å². The van der Waals surface area contributed by atoms with Gasteiger partial charge in [-0.1, -0.05) is 53.4 Å². The number of carboxylic acids is 2. The van der Waals surface area contributed by atoms with Gasteiger partial charge in [-0.3, -0.25) is 9.59 Å². The van der Waals surface area contributed by atoms with E-state index in [1.807, 2.05) is 0 Å². The Bertz CT molecular complexity index is 471. The first kappa shape index (κ1) is 24.3. The molecule has 6 heteroatoms. The monoisotopic (exact) mass is 370 g/mol. The maximum Gasteiger partial charge on any atom is 0.309 e. The van der Waals surface area contributed by atoms with Gasteiger partial charge in [0.1, 0.15) is 12.6 Å². The quantitative estimate of drug-likeness (QED) is 0.332. The fraction of sp³-hybridized carbons (Fsp3) is 0.800. The van der Waals surface area contributed by atoms with Gasteiger partial charge in [0.2, 0.25) is 0 Å². The van der Waals surface area contributed by atoms with Crippen LogP contribution >= 0.6 is 0 Å². The zero-order chi connectivity index (χ0) is 20.4. The van der Waals surface area contributed by atoms with Crippen molar-refractivity contribution in [1.29, 1.82) is 0 Å². The molecule has 0 aromatic heterocycles. The normalized spacial score (nSPS) is 12.6. The topological polar surface area (TPSA) is 109 Å². The van der Waals surface area contributed by atoms with Crippen LogP contribution in [0.4, 0.5) is 0 Å². The number of carboxylic acid groups (broad SMARTS) is 2. The molecule has 0 heterocycles. The van der Waals surface area contributed by atoms with E-state index in [2.05, 4.69) is 0 Å². The second-order valence-corrected chi connectivity index (χ2v) is 8.81. The second kappa shape index (κ2) is 10.4. The first-order valence-corrected chi connectivity index (χ1v) is 9.28. The Balaban J connectivity index is 5.01. The third-order valence-corrected chi connectivity index (χ3v) is 4.73. The van der Waals surface area contributed by atoms with Gasteiger partial charge in [0.25, 0.3) is 0 Å². The summed E-state index contributed by atoms with van der Waals surface area (Å²) in [5.41, 5.74) is -2.69. The molecule has 0 spiro atoms. The van der Waals surface area contributed by atoms with Crippen molar-refractivity contribution in [2.75, 3.05) is 0 Å². The van der Waals surface area contributed by atoms with Crippen molar-refractivity contribution in [2.45, 2.75) is 85.5 Å². The second-order valence-electron chi connectivity index (χ2n) is 8.81. The van der Waals surface area contributed by atoms with Crippen LogP contribution in [0.3, 0.4) is 0 Å². The van der Waals surface area contributed by atoms with E-state index in [4.69, 9.17) is 5.11 Å². The first-order chi connectivity index (χ1) is 11.9. The lowest BCUT2D eigenvalue weighted by atomic mass is 9.64. The smallest absolute Gasteiger partial charge is 0.309 e. The van der Waals surface area contributed by atoms with Crippen molar-refractivity contribution in [2.24, 2.45) is 16.2 Å². The van der Waals surface area contributed by atoms with Crippen LogP contribution in [0.25, 0.3) is 0 Å². The Labute approximate surface area is 156 Å². The third-order valence-electron chi connectivity index (χ3n) is 4.73. The highest BCUT2D eigenvalue weighted by molar-refractivity contribution is 5.76. The van der Waals surface area contributed by atoms with E-state index in [9.17, 15) is 24.3 Å². The average molecular weight is 370 g/mol. The van der Waals surface area contributed by atoms with Crippen LogP contribution in [-0.4, -0.2) is 34.7 Å². The first-order valence-electron chi connectivity index (χ1n) is 9.28. The Hall–Kier alpha value is -1.72. The molecule has 0 radical (unpaired) electrons. The number of aldehydes is 2. The lowest BCUT2D eigenvalue weighted by Crippen LogP contribution is -2.40. The minimum atomic E-state index is -1.13. The lowest BCUT2D eigenvalue weighted by molar-refractivity contribution is -0.155. The fourth-order valence-corrected chi connectivity index (χ4v) is 3.60. The van der Waals surface area contributed by atoms with E-state index < -0.39 is 28.2 Å². The van der Waals surface area contributed by atoms with Crippen LogP contribution < -0.4 is 0 Å². The minimum absolute atomic E-state index is 0.153. The lowest BCUT2D eigenvalue weighted by Gasteiger charge is -2.38. The van der Waals surface area contributed by atoms with Gasteiger partial charge >= 0.3 is 11.9 Å². The molecule has 0 fully saturated rings. The van der Waals surface area contributed by atoms with E-state index in [0.29, 0.717) is 19.3 Å². The van der Waals surface area contributed by atoms with Crippen LogP contribution in [0.15, 0.2) is 0 Å². The summed E-state index contributed by atoms with van der Waals surface area (Å²) >= 11 is 0. The summed E-state index contributed by atoms with van der Waals surface area (Å²) < 4.78 is 0. The molecule has 0 unspecified atom stereocenters. The highest BCUT2D eigenvalue weighted by Gasteiger charge is 2.45. The van der Waals surface area contributed by atoms with Crippen molar-refractivity contribution in [1.82, 2.24) is 0 Å². The van der Waals surface area contributed by atoms with Gasteiger partial charge in [-0.05, 0) is 25.7 Å². The molecule has 0 amide bonds. The number of rotatable bonds is 15. The molecule has 6 nitrogen and oxygen atoms in total. The average Bonchev–Trinajstić information content (AvgIpc) is 2.52. The highest BCUT2D eigenvalue weighted by Crippen LogP contribution is 2.45. The molecule has 0 aliphatic carbocycles. The zero-order valence-corrected chi connectivity index (χ0v) is 16.5. The molecule has 0 saturated carbocycles. The maximum absolute atomic E-state index is 12.2. The molecule has 0 aromatic rings. The van der Waals surface area contributed by atoms with Gasteiger partial charge in [-0.15, -0.1) is 0 Å². The number of unbranched alkanes of at least 4 members (excludes halogenated alkanes) is 4. The van der Waals surface area contributed by atoms with Crippen LogP contribution in [0.2, 0.25) is 0 Å². The van der Waals surface area contributed by atoms with Crippen molar-refractivity contribution >= 4 is 24.5 Å². The SMILES string of the molecule is CC(C)(C=O)CC(CCCCCCCC(=O)O)(CC(C)(C)C=O)C(=O)O. The number of hydrogen-bond acceptors (Lipinski definition) is 4. The van der Waals surface area contributed by atoms with Crippen molar-refractivity contribution < 1.29 is 29.4 Å². The number of aliphatic carboxylic acids is 2. The summed E-state index contributed by atoms with van der Waals surface area (Å²) in [7, 11) is 0. The summed E-state index contributed by atoms with van der Waals surface area (Å²) in [5.74, 6) is -1.77. The molecule has 0 aromatic carbocycles. The zero-order valence-electron chi connectivity index (χ0n) is 16.5. The van der Waals surface area contributed by atoms with Crippen LogP contribution in [-0.2, 0) is 19.2 Å². The highest BCUT2D eigenvalue weighted by atomic mass is 16.4. The molecule has 0 atom stereocenters. The van der Waals surface area contributed by atoms with Crippen molar-refractivity contribution in [3.8, 4) is 0 Å². The van der Waals surface area contributed by atoms with Gasteiger partial charge in [-0.25, -0.2) is 0 Å². The molecule has 0 bridgehead atoms. The third kappa shape index (κ3) is 9.11. The molecule has 0 aliphatic rings. The molecule has 26 heavy (non-hydrogen) atoms. The molecule has 0 rings (SSSR count). The largest absolute Gasteiger partial charge is 0.481 e. The van der Waals surface area contributed by atoms with E-state index in [1.165, 1.54) is 0 Å². The molecule has 0 saturated heterocycles. The standard InChI is InChI=1S/C20H34O6/c1-18(2,14-21)12-20(17(25)26,13-19(3,4)15-22)11-9-7-5-6-8-10-16(23)24/h14-15H,5-13H2,1-4H3,(H,23,24)(H,25,26). The van der Waals surface area contributed by atoms with E-state index in [1.54, 1.807) is 27.7 Å².